The largest absolute Gasteiger partial charge is 0.486 e. The minimum absolute atomic E-state index is 0.0390. The van der Waals surface area contributed by atoms with E-state index in [1.807, 2.05) is 12.3 Å². The molecule has 31 heavy (non-hydrogen) atoms. The number of dihydropyridines is 2. The summed E-state index contributed by atoms with van der Waals surface area (Å²) in [5, 5.41) is 3.04. The Morgan fingerprint density at radius 1 is 1.35 bits per heavy atom. The molecule has 1 aromatic heterocycles. The number of hydrogen-bond acceptors (Lipinski definition) is 6. The number of hydrogen-bond donors (Lipinski definition) is 1. The molecule has 1 unspecified atom stereocenters. The lowest BCUT2D eigenvalue weighted by Crippen LogP contribution is -2.61. The number of fused-ring (bicyclic) bond motifs is 1. The van der Waals surface area contributed by atoms with E-state index < -0.39 is 5.91 Å². The van der Waals surface area contributed by atoms with E-state index in [0.29, 0.717) is 29.7 Å². The highest BCUT2D eigenvalue weighted by atomic mass is 35.5. The second-order valence-corrected chi connectivity index (χ2v) is 8.66. The molecule has 4 aliphatic rings. The van der Waals surface area contributed by atoms with E-state index in [1.54, 1.807) is 24.4 Å². The van der Waals surface area contributed by atoms with Gasteiger partial charge in [0.1, 0.15) is 28.6 Å². The van der Waals surface area contributed by atoms with Gasteiger partial charge in [-0.2, -0.15) is 0 Å². The predicted molar refractivity (Wildman–Crippen MR) is 117 cm³/mol. The van der Waals surface area contributed by atoms with Crippen molar-refractivity contribution in [3.63, 3.8) is 0 Å². The highest BCUT2D eigenvalue weighted by Crippen LogP contribution is 2.26. The van der Waals surface area contributed by atoms with Crippen LogP contribution in [-0.4, -0.2) is 70.9 Å². The smallest absolute Gasteiger partial charge is 0.288 e. The van der Waals surface area contributed by atoms with Crippen molar-refractivity contribution < 1.29 is 14.3 Å². The van der Waals surface area contributed by atoms with Crippen LogP contribution in [0.2, 0.25) is 0 Å². The van der Waals surface area contributed by atoms with Crippen molar-refractivity contribution in [2.45, 2.75) is 44.0 Å². The average molecular weight is 440 g/mol. The third kappa shape index (κ3) is 4.31. The SMILES string of the molecule is C[C@@H]1[C@@H](Oc2ccc(C(=O)NC3CC3)nc2)CN1CC1=CC2=NC(=O)C(Cl)=CC2N=C1. The second-order valence-electron chi connectivity index (χ2n) is 8.25. The first-order valence-electron chi connectivity index (χ1n) is 10.4. The van der Waals surface area contributed by atoms with Gasteiger partial charge in [0.15, 0.2) is 0 Å². The van der Waals surface area contributed by atoms with Crippen LogP contribution in [0.15, 0.2) is 51.1 Å². The van der Waals surface area contributed by atoms with Crippen molar-refractivity contribution in [2.75, 3.05) is 13.1 Å². The first-order valence-corrected chi connectivity index (χ1v) is 10.8. The van der Waals surface area contributed by atoms with Crippen molar-refractivity contribution in [1.82, 2.24) is 15.2 Å². The number of aliphatic imine (C=N–C) groups is 2. The van der Waals surface area contributed by atoms with E-state index in [-0.39, 0.29) is 29.1 Å². The molecule has 2 fully saturated rings. The van der Waals surface area contributed by atoms with Gasteiger partial charge in [0.05, 0.1) is 11.9 Å². The molecule has 3 atom stereocenters. The molecule has 1 N–H and O–H groups in total. The number of nitrogens with one attached hydrogen (secondary N) is 1. The highest BCUT2D eigenvalue weighted by molar-refractivity contribution is 6.44. The zero-order valence-electron chi connectivity index (χ0n) is 17.0. The Morgan fingerprint density at radius 2 is 2.19 bits per heavy atom. The number of amides is 2. The molecule has 0 spiro atoms. The van der Waals surface area contributed by atoms with E-state index >= 15 is 0 Å². The van der Waals surface area contributed by atoms with Gasteiger partial charge in [0.25, 0.3) is 11.8 Å². The van der Waals surface area contributed by atoms with Crippen molar-refractivity contribution in [3.05, 3.63) is 46.8 Å². The minimum atomic E-state index is -0.420. The Morgan fingerprint density at radius 3 is 2.90 bits per heavy atom. The van der Waals surface area contributed by atoms with Crippen molar-refractivity contribution in [3.8, 4) is 5.75 Å². The van der Waals surface area contributed by atoms with Crippen LogP contribution in [0.5, 0.6) is 5.75 Å². The molecular formula is C22H22ClN5O3. The summed E-state index contributed by atoms with van der Waals surface area (Å²) in [6, 6.07) is 3.72. The summed E-state index contributed by atoms with van der Waals surface area (Å²) in [5.41, 5.74) is 2.03. The Balaban J connectivity index is 1.14. The molecule has 1 aliphatic carbocycles. The summed E-state index contributed by atoms with van der Waals surface area (Å²) in [5.74, 6) is 0.0967. The minimum Gasteiger partial charge on any atom is -0.486 e. The topological polar surface area (TPSA) is 96.2 Å². The van der Waals surface area contributed by atoms with Crippen LogP contribution < -0.4 is 10.1 Å². The quantitative estimate of drug-likeness (QED) is 0.730. The van der Waals surface area contributed by atoms with Gasteiger partial charge in [0.2, 0.25) is 0 Å². The van der Waals surface area contributed by atoms with Crippen LogP contribution in [0.25, 0.3) is 0 Å². The van der Waals surface area contributed by atoms with Crippen LogP contribution in [-0.2, 0) is 4.79 Å². The Hall–Kier alpha value is -2.84. The van der Waals surface area contributed by atoms with Gasteiger partial charge in [-0.25, -0.2) is 9.98 Å². The zero-order valence-corrected chi connectivity index (χ0v) is 17.7. The highest BCUT2D eigenvalue weighted by Gasteiger charge is 2.38. The lowest BCUT2D eigenvalue weighted by Gasteiger charge is -2.46. The van der Waals surface area contributed by atoms with Crippen LogP contribution in [0.1, 0.15) is 30.3 Å². The predicted octanol–water partition coefficient (Wildman–Crippen LogP) is 1.91. The maximum atomic E-state index is 12.0. The molecule has 160 valence electrons. The number of carbonyl (C=O) groups excluding carboxylic acids is 2. The molecule has 1 saturated carbocycles. The number of pyridine rings is 1. The third-order valence-electron chi connectivity index (χ3n) is 5.86. The Kier molecular flexibility index (Phi) is 5.19. The molecule has 0 bridgehead atoms. The molecule has 2 amide bonds. The molecule has 9 heteroatoms. The van der Waals surface area contributed by atoms with Gasteiger partial charge in [-0.05, 0) is 49.6 Å². The number of halogens is 1. The van der Waals surface area contributed by atoms with Crippen molar-refractivity contribution in [1.29, 1.82) is 0 Å². The monoisotopic (exact) mass is 439 g/mol. The number of likely N-dealkylation sites (tertiary alicyclic amines) is 1. The number of carbonyl (C=O) groups is 2. The van der Waals surface area contributed by atoms with E-state index in [4.69, 9.17) is 16.3 Å². The number of ether oxygens (including phenoxy) is 1. The molecule has 1 aromatic rings. The summed E-state index contributed by atoms with van der Waals surface area (Å²) in [6.45, 7) is 3.56. The van der Waals surface area contributed by atoms with Gasteiger partial charge < -0.3 is 10.1 Å². The Bertz CT molecular complexity index is 1040. The van der Waals surface area contributed by atoms with Crippen LogP contribution >= 0.6 is 11.6 Å². The number of nitrogens with zero attached hydrogens (tertiary/aromatic N) is 4. The summed E-state index contributed by atoms with van der Waals surface area (Å²) < 4.78 is 6.04. The number of rotatable bonds is 6. The molecule has 0 radical (unpaired) electrons. The molecule has 4 heterocycles. The lowest BCUT2D eigenvalue weighted by atomic mass is 9.97. The first kappa shape index (κ1) is 20.1. The van der Waals surface area contributed by atoms with E-state index in [9.17, 15) is 9.59 Å². The summed E-state index contributed by atoms with van der Waals surface area (Å²) in [6.07, 6.45) is 9.08. The first-order chi connectivity index (χ1) is 15.0. The van der Waals surface area contributed by atoms with Gasteiger partial charge >= 0.3 is 0 Å². The Labute approximate surface area is 184 Å². The lowest BCUT2D eigenvalue weighted by molar-refractivity contribution is -0.113. The van der Waals surface area contributed by atoms with Crippen LogP contribution in [0.3, 0.4) is 0 Å². The fourth-order valence-electron chi connectivity index (χ4n) is 3.73. The van der Waals surface area contributed by atoms with Crippen LogP contribution in [0, 0.1) is 0 Å². The van der Waals surface area contributed by atoms with Crippen molar-refractivity contribution >= 4 is 35.3 Å². The zero-order chi connectivity index (χ0) is 21.5. The van der Waals surface area contributed by atoms with E-state index in [1.165, 1.54) is 0 Å². The fourth-order valence-corrected chi connectivity index (χ4v) is 3.89. The molecular weight excluding hydrogens is 418 g/mol. The van der Waals surface area contributed by atoms with Crippen molar-refractivity contribution in [2.24, 2.45) is 9.98 Å². The number of aromatic nitrogens is 1. The van der Waals surface area contributed by atoms with E-state index in [0.717, 1.165) is 25.0 Å². The van der Waals surface area contributed by atoms with Gasteiger partial charge in [-0.3, -0.25) is 19.5 Å². The maximum absolute atomic E-state index is 12.0. The molecule has 8 nitrogen and oxygen atoms in total. The van der Waals surface area contributed by atoms with Gasteiger partial charge in [0, 0.05) is 31.4 Å². The standard InChI is InChI=1S/C22H22ClN5O3/c1-12-20(31-15-4-5-17(25-9-15)22(30)26-14-2-3-14)11-28(12)10-13-6-19-18(24-8-13)7-16(23)21(29)27-19/h4-9,12,14,18,20H,2-3,10-11H2,1H3,(H,26,30)/t12-,18?,20+/m1/s1. The fraction of sp³-hybridized carbons (Fsp3) is 0.409. The summed E-state index contributed by atoms with van der Waals surface area (Å²) >= 11 is 5.85. The van der Waals surface area contributed by atoms with Gasteiger partial charge in [-0.15, -0.1) is 0 Å². The summed E-state index contributed by atoms with van der Waals surface area (Å²) in [4.78, 5) is 38.7. The molecule has 1 saturated heterocycles. The van der Waals surface area contributed by atoms with Gasteiger partial charge in [-0.1, -0.05) is 11.6 Å². The molecule has 3 aliphatic heterocycles. The maximum Gasteiger partial charge on any atom is 0.288 e. The normalized spacial score (nSPS) is 27.5. The molecule has 0 aromatic carbocycles. The second kappa shape index (κ2) is 8.01. The van der Waals surface area contributed by atoms with E-state index in [2.05, 4.69) is 32.1 Å². The average Bonchev–Trinajstić information content (AvgIpc) is 3.58. The molecule has 5 rings (SSSR count). The van der Waals surface area contributed by atoms with Crippen LogP contribution in [0.4, 0.5) is 0 Å². The summed E-state index contributed by atoms with van der Waals surface area (Å²) in [7, 11) is 0. The third-order valence-corrected chi connectivity index (χ3v) is 6.15.